The lowest BCUT2D eigenvalue weighted by Gasteiger charge is -2.10. The minimum absolute atomic E-state index is 0.0156. The van der Waals surface area contributed by atoms with Gasteiger partial charge in [0.05, 0.1) is 4.47 Å². The normalized spacial score (nSPS) is 10.5. The van der Waals surface area contributed by atoms with Gasteiger partial charge in [-0.15, -0.1) is 0 Å². The smallest absolute Gasteiger partial charge is 0.136 e. The zero-order valence-electron chi connectivity index (χ0n) is 10.00. The highest BCUT2D eigenvalue weighted by Crippen LogP contribution is 2.26. The van der Waals surface area contributed by atoms with Gasteiger partial charge in [-0.2, -0.15) is 0 Å². The van der Waals surface area contributed by atoms with Crippen LogP contribution in [-0.4, -0.2) is 0 Å². The van der Waals surface area contributed by atoms with Gasteiger partial charge in [0.15, 0.2) is 0 Å². The maximum absolute atomic E-state index is 13.6. The number of hydrogen-bond donors (Lipinski definition) is 1. The van der Waals surface area contributed by atoms with Crippen LogP contribution in [0.3, 0.4) is 0 Å². The fraction of sp³-hybridized carbons (Fsp3) is 0.143. The molecule has 0 aliphatic rings. The highest BCUT2D eigenvalue weighted by molar-refractivity contribution is 9.10. The van der Waals surface area contributed by atoms with Crippen LogP contribution in [-0.2, 0) is 13.2 Å². The third-order valence-electron chi connectivity index (χ3n) is 2.62. The molecule has 2 aromatic carbocycles. The van der Waals surface area contributed by atoms with Crippen LogP contribution >= 0.6 is 15.9 Å². The molecule has 0 bridgehead atoms. The van der Waals surface area contributed by atoms with Gasteiger partial charge in [0.25, 0.3) is 0 Å². The molecule has 0 aliphatic carbocycles. The minimum atomic E-state index is -0.408. The second-order valence-electron chi connectivity index (χ2n) is 3.99. The molecule has 0 aromatic heterocycles. The summed E-state index contributed by atoms with van der Waals surface area (Å²) in [5, 5.41) is 0. The molecule has 0 fully saturated rings. The van der Waals surface area contributed by atoms with Crippen molar-refractivity contribution in [3.8, 4) is 5.75 Å². The summed E-state index contributed by atoms with van der Waals surface area (Å²) in [6.07, 6.45) is 0. The molecule has 0 aliphatic heterocycles. The molecule has 2 N–H and O–H groups in total. The Morgan fingerprint density at radius 2 is 1.89 bits per heavy atom. The molecule has 0 saturated carbocycles. The number of halogens is 3. The SMILES string of the molecule is NCc1ccc(F)c(COc2cc(F)ccc2Br)c1. The van der Waals surface area contributed by atoms with Crippen molar-refractivity contribution in [2.75, 3.05) is 0 Å². The monoisotopic (exact) mass is 327 g/mol. The first kappa shape index (κ1) is 14.0. The molecule has 100 valence electrons. The second kappa shape index (κ2) is 6.12. The zero-order chi connectivity index (χ0) is 13.8. The Labute approximate surface area is 118 Å². The number of nitrogens with two attached hydrogens (primary N) is 1. The standard InChI is InChI=1S/C14H12BrF2NO/c15-12-3-2-11(16)6-14(12)19-8-10-5-9(7-18)1-4-13(10)17/h1-6H,7-8,18H2. The van der Waals surface area contributed by atoms with E-state index in [0.29, 0.717) is 22.3 Å². The van der Waals surface area contributed by atoms with Crippen molar-refractivity contribution in [3.05, 3.63) is 63.6 Å². The van der Waals surface area contributed by atoms with E-state index in [-0.39, 0.29) is 12.4 Å². The minimum Gasteiger partial charge on any atom is -0.488 e. The van der Waals surface area contributed by atoms with Crippen LogP contribution < -0.4 is 10.5 Å². The van der Waals surface area contributed by atoms with E-state index < -0.39 is 5.82 Å². The number of rotatable bonds is 4. The summed E-state index contributed by atoms with van der Waals surface area (Å²) < 4.78 is 32.7. The van der Waals surface area contributed by atoms with E-state index in [2.05, 4.69) is 15.9 Å². The fourth-order valence-electron chi connectivity index (χ4n) is 1.61. The Morgan fingerprint density at radius 3 is 2.63 bits per heavy atom. The highest BCUT2D eigenvalue weighted by Gasteiger charge is 2.07. The summed E-state index contributed by atoms with van der Waals surface area (Å²) >= 11 is 3.25. The lowest BCUT2D eigenvalue weighted by atomic mass is 10.1. The van der Waals surface area contributed by atoms with Crippen LogP contribution in [0.15, 0.2) is 40.9 Å². The predicted octanol–water partition coefficient (Wildman–Crippen LogP) is 3.77. The molecule has 0 radical (unpaired) electrons. The van der Waals surface area contributed by atoms with E-state index in [4.69, 9.17) is 10.5 Å². The van der Waals surface area contributed by atoms with E-state index in [0.717, 1.165) is 5.56 Å². The summed E-state index contributed by atoms with van der Waals surface area (Å²) in [5.41, 5.74) is 6.71. The van der Waals surface area contributed by atoms with Gasteiger partial charge in [-0.1, -0.05) is 6.07 Å². The van der Waals surface area contributed by atoms with Gasteiger partial charge in [-0.25, -0.2) is 8.78 Å². The largest absolute Gasteiger partial charge is 0.488 e. The summed E-state index contributed by atoms with van der Waals surface area (Å²) in [6.45, 7) is 0.346. The van der Waals surface area contributed by atoms with Crippen molar-refractivity contribution in [2.45, 2.75) is 13.2 Å². The molecular formula is C14H12BrF2NO. The Morgan fingerprint density at radius 1 is 1.11 bits per heavy atom. The molecule has 5 heteroatoms. The van der Waals surface area contributed by atoms with Crippen molar-refractivity contribution in [1.29, 1.82) is 0 Å². The van der Waals surface area contributed by atoms with Crippen LogP contribution in [0.5, 0.6) is 5.75 Å². The van der Waals surface area contributed by atoms with E-state index >= 15 is 0 Å². The van der Waals surface area contributed by atoms with E-state index in [1.54, 1.807) is 12.1 Å². The van der Waals surface area contributed by atoms with Crippen molar-refractivity contribution < 1.29 is 13.5 Å². The summed E-state index contributed by atoms with van der Waals surface area (Å²) in [4.78, 5) is 0. The molecule has 2 aromatic rings. The summed E-state index contributed by atoms with van der Waals surface area (Å²) in [5.74, 6) is -0.448. The van der Waals surface area contributed by atoms with Crippen LogP contribution in [0.25, 0.3) is 0 Å². The van der Waals surface area contributed by atoms with Crippen LogP contribution in [0.4, 0.5) is 8.78 Å². The number of ether oxygens (including phenoxy) is 1. The van der Waals surface area contributed by atoms with Gasteiger partial charge >= 0.3 is 0 Å². The van der Waals surface area contributed by atoms with E-state index in [9.17, 15) is 8.78 Å². The van der Waals surface area contributed by atoms with Gasteiger partial charge in [-0.05, 0) is 45.8 Å². The van der Waals surface area contributed by atoms with Gasteiger partial charge in [0.2, 0.25) is 0 Å². The van der Waals surface area contributed by atoms with Crippen molar-refractivity contribution in [2.24, 2.45) is 5.73 Å². The second-order valence-corrected chi connectivity index (χ2v) is 4.85. The summed E-state index contributed by atoms with van der Waals surface area (Å²) in [6, 6.07) is 8.71. The lowest BCUT2D eigenvalue weighted by Crippen LogP contribution is -2.03. The molecule has 0 atom stereocenters. The lowest BCUT2D eigenvalue weighted by molar-refractivity contribution is 0.296. The van der Waals surface area contributed by atoms with E-state index in [1.807, 2.05) is 0 Å². The molecule has 2 rings (SSSR count). The molecular weight excluding hydrogens is 316 g/mol. The molecule has 0 spiro atoms. The summed E-state index contributed by atoms with van der Waals surface area (Å²) in [7, 11) is 0. The third-order valence-corrected chi connectivity index (χ3v) is 3.28. The Bertz CT molecular complexity index is 590. The maximum atomic E-state index is 13.6. The Balaban J connectivity index is 2.16. The maximum Gasteiger partial charge on any atom is 0.136 e. The molecule has 19 heavy (non-hydrogen) atoms. The van der Waals surface area contributed by atoms with Crippen LogP contribution in [0.2, 0.25) is 0 Å². The van der Waals surface area contributed by atoms with Gasteiger partial charge in [0, 0.05) is 18.2 Å². The predicted molar refractivity (Wildman–Crippen MR) is 72.7 cm³/mol. The van der Waals surface area contributed by atoms with E-state index in [1.165, 1.54) is 24.3 Å². The average molecular weight is 328 g/mol. The van der Waals surface area contributed by atoms with Gasteiger partial charge in [0.1, 0.15) is 24.0 Å². The molecule has 2 nitrogen and oxygen atoms in total. The molecule has 0 heterocycles. The quantitative estimate of drug-likeness (QED) is 0.927. The fourth-order valence-corrected chi connectivity index (χ4v) is 1.97. The van der Waals surface area contributed by atoms with Crippen molar-refractivity contribution in [3.63, 3.8) is 0 Å². The van der Waals surface area contributed by atoms with Crippen molar-refractivity contribution >= 4 is 15.9 Å². The third kappa shape index (κ3) is 3.52. The Hall–Kier alpha value is -1.46. The van der Waals surface area contributed by atoms with Gasteiger partial charge in [-0.3, -0.25) is 0 Å². The number of hydrogen-bond acceptors (Lipinski definition) is 2. The molecule has 0 unspecified atom stereocenters. The molecule has 0 saturated heterocycles. The van der Waals surface area contributed by atoms with Crippen LogP contribution in [0.1, 0.15) is 11.1 Å². The first-order valence-corrected chi connectivity index (χ1v) is 6.44. The zero-order valence-corrected chi connectivity index (χ0v) is 11.6. The van der Waals surface area contributed by atoms with Crippen molar-refractivity contribution in [1.82, 2.24) is 0 Å². The first-order valence-electron chi connectivity index (χ1n) is 5.65. The topological polar surface area (TPSA) is 35.2 Å². The van der Waals surface area contributed by atoms with Crippen LogP contribution in [0, 0.1) is 11.6 Å². The molecule has 0 amide bonds. The van der Waals surface area contributed by atoms with Gasteiger partial charge < -0.3 is 10.5 Å². The highest BCUT2D eigenvalue weighted by atomic mass is 79.9. The number of benzene rings is 2. The first-order chi connectivity index (χ1) is 9.10. The average Bonchev–Trinajstić information content (AvgIpc) is 2.41. The Kier molecular flexibility index (Phi) is 4.50.